The van der Waals surface area contributed by atoms with E-state index >= 15 is 0 Å². The summed E-state index contributed by atoms with van der Waals surface area (Å²) < 4.78 is 5.60. The molecule has 0 saturated carbocycles. The van der Waals surface area contributed by atoms with E-state index in [0.717, 1.165) is 24.4 Å². The Kier molecular flexibility index (Phi) is 6.84. The van der Waals surface area contributed by atoms with Gasteiger partial charge in [-0.2, -0.15) is 5.26 Å². The van der Waals surface area contributed by atoms with Gasteiger partial charge in [-0.1, -0.05) is 6.07 Å². The number of halogens is 1. The van der Waals surface area contributed by atoms with Crippen molar-refractivity contribution in [1.29, 1.82) is 5.26 Å². The number of anilines is 1. The molecule has 0 aromatic heterocycles. The Bertz CT molecular complexity index is 843. The van der Waals surface area contributed by atoms with Gasteiger partial charge < -0.3 is 9.64 Å². The quantitative estimate of drug-likeness (QED) is 0.589. The number of rotatable bonds is 4. The fraction of sp³-hybridized carbons (Fsp3) is 0.333. The van der Waals surface area contributed by atoms with Crippen LogP contribution in [0, 0.1) is 11.5 Å². The van der Waals surface area contributed by atoms with Crippen LogP contribution in [0.5, 0.6) is 5.75 Å². The molecule has 0 aliphatic carbocycles. The molecule has 1 aliphatic rings. The van der Waals surface area contributed by atoms with Gasteiger partial charge in [0.15, 0.2) is 6.19 Å². The molecule has 142 valence electrons. The number of carbonyl (C=O) groups is 1. The van der Waals surface area contributed by atoms with Crippen LogP contribution < -0.4 is 9.64 Å². The number of nitriles is 1. The van der Waals surface area contributed by atoms with Gasteiger partial charge in [-0.25, -0.2) is 4.90 Å². The van der Waals surface area contributed by atoms with E-state index in [1.807, 2.05) is 38.2 Å². The summed E-state index contributed by atoms with van der Waals surface area (Å²) in [5.74, 6) is 0.365. The number of ether oxygens (including phenoxy) is 1. The number of benzene rings is 2. The lowest BCUT2D eigenvalue weighted by molar-refractivity contribution is 0.0999. The highest BCUT2D eigenvalue weighted by Crippen LogP contribution is 2.25. The molecule has 0 atom stereocenters. The highest BCUT2D eigenvalue weighted by molar-refractivity contribution is 6.08. The van der Waals surface area contributed by atoms with Crippen molar-refractivity contribution in [2.45, 2.75) is 32.9 Å². The Labute approximate surface area is 166 Å². The van der Waals surface area contributed by atoms with Gasteiger partial charge in [0.25, 0.3) is 5.91 Å². The predicted octanol–water partition coefficient (Wildman–Crippen LogP) is 4.01. The van der Waals surface area contributed by atoms with E-state index in [1.54, 1.807) is 24.3 Å². The van der Waals surface area contributed by atoms with Gasteiger partial charge in [-0.3, -0.25) is 4.79 Å². The monoisotopic (exact) mass is 385 g/mol. The van der Waals surface area contributed by atoms with Crippen molar-refractivity contribution < 1.29 is 9.53 Å². The van der Waals surface area contributed by atoms with E-state index in [-0.39, 0.29) is 24.4 Å². The number of likely N-dealkylation sites (N-methyl/N-ethyl adjacent to an activating group) is 1. The average Bonchev–Trinajstić information content (AvgIpc) is 2.62. The van der Waals surface area contributed by atoms with E-state index in [2.05, 4.69) is 11.9 Å². The highest BCUT2D eigenvalue weighted by Gasteiger charge is 2.20. The number of hydrogen-bond acceptors (Lipinski definition) is 4. The minimum atomic E-state index is -0.340. The van der Waals surface area contributed by atoms with Gasteiger partial charge in [-0.05, 0) is 74.8 Å². The molecule has 6 heteroatoms. The van der Waals surface area contributed by atoms with Crippen LogP contribution in [0.2, 0.25) is 0 Å². The maximum Gasteiger partial charge on any atom is 0.271 e. The zero-order valence-corrected chi connectivity index (χ0v) is 16.6. The van der Waals surface area contributed by atoms with Crippen molar-refractivity contribution in [3.8, 4) is 11.9 Å². The van der Waals surface area contributed by atoms with Gasteiger partial charge in [0.1, 0.15) is 5.75 Å². The molecule has 2 aromatic carbocycles. The van der Waals surface area contributed by atoms with Crippen LogP contribution >= 0.6 is 12.4 Å². The second-order valence-corrected chi connectivity index (χ2v) is 6.87. The van der Waals surface area contributed by atoms with E-state index in [1.165, 1.54) is 11.1 Å². The summed E-state index contributed by atoms with van der Waals surface area (Å²) in [7, 11) is 2.07. The second kappa shape index (κ2) is 8.90. The third kappa shape index (κ3) is 4.79. The Balaban J connectivity index is 0.00000261. The molecule has 5 nitrogen and oxygen atoms in total. The third-order valence-electron chi connectivity index (χ3n) is 4.43. The Morgan fingerprint density at radius 3 is 2.52 bits per heavy atom. The molecule has 0 fully saturated rings. The minimum Gasteiger partial charge on any atom is -0.491 e. The first-order chi connectivity index (χ1) is 12.5. The molecule has 2 aromatic rings. The van der Waals surface area contributed by atoms with Crippen LogP contribution in [0.15, 0.2) is 42.5 Å². The van der Waals surface area contributed by atoms with Gasteiger partial charge in [0, 0.05) is 18.7 Å². The fourth-order valence-electron chi connectivity index (χ4n) is 3.12. The van der Waals surface area contributed by atoms with Crippen molar-refractivity contribution in [1.82, 2.24) is 4.90 Å². The number of nitrogens with zero attached hydrogens (tertiary/aromatic N) is 3. The van der Waals surface area contributed by atoms with Crippen molar-refractivity contribution in [3.63, 3.8) is 0 Å². The summed E-state index contributed by atoms with van der Waals surface area (Å²) in [6.07, 6.45) is 3.08. The summed E-state index contributed by atoms with van der Waals surface area (Å²) in [6, 6.07) is 12.7. The topological polar surface area (TPSA) is 56.6 Å². The molecule has 0 unspecified atom stereocenters. The summed E-state index contributed by atoms with van der Waals surface area (Å²) >= 11 is 0. The smallest absolute Gasteiger partial charge is 0.271 e. The zero-order valence-electron chi connectivity index (χ0n) is 15.8. The predicted molar refractivity (Wildman–Crippen MR) is 108 cm³/mol. The van der Waals surface area contributed by atoms with E-state index < -0.39 is 0 Å². The molecular formula is C21H24ClN3O2. The molecule has 1 aliphatic heterocycles. The molecule has 0 bridgehead atoms. The summed E-state index contributed by atoms with van der Waals surface area (Å²) in [4.78, 5) is 16.2. The Hall–Kier alpha value is -2.55. The number of amides is 1. The second-order valence-electron chi connectivity index (χ2n) is 6.87. The Morgan fingerprint density at radius 1 is 1.19 bits per heavy atom. The maximum absolute atomic E-state index is 12.8. The first-order valence-corrected chi connectivity index (χ1v) is 8.79. The van der Waals surface area contributed by atoms with Gasteiger partial charge in [-0.15, -0.1) is 12.4 Å². The normalized spacial score (nSPS) is 13.3. The van der Waals surface area contributed by atoms with Crippen LogP contribution in [0.25, 0.3) is 0 Å². The third-order valence-corrected chi connectivity index (χ3v) is 4.43. The summed E-state index contributed by atoms with van der Waals surface area (Å²) in [5.41, 5.74) is 3.52. The zero-order chi connectivity index (χ0) is 18.7. The fourth-order valence-corrected chi connectivity index (χ4v) is 3.12. The molecule has 3 rings (SSSR count). The highest BCUT2D eigenvalue weighted by atomic mass is 35.5. The molecular weight excluding hydrogens is 362 g/mol. The van der Waals surface area contributed by atoms with Crippen molar-refractivity contribution >= 4 is 24.0 Å². The lowest BCUT2D eigenvalue weighted by Crippen LogP contribution is -2.28. The van der Waals surface area contributed by atoms with Crippen LogP contribution in [-0.2, 0) is 13.0 Å². The summed E-state index contributed by atoms with van der Waals surface area (Å²) in [6.45, 7) is 5.75. The largest absolute Gasteiger partial charge is 0.491 e. The van der Waals surface area contributed by atoms with E-state index in [4.69, 9.17) is 4.74 Å². The SMILES string of the molecule is CC(C)Oc1ccc(C(=O)N(C#N)c2ccc3c(c2)CN(C)CC3)cc1.Cl. The molecule has 0 N–H and O–H groups in total. The van der Waals surface area contributed by atoms with Crippen molar-refractivity contribution in [3.05, 3.63) is 59.2 Å². The van der Waals surface area contributed by atoms with Crippen LogP contribution in [0.3, 0.4) is 0 Å². The lowest BCUT2D eigenvalue weighted by atomic mass is 9.99. The molecule has 1 amide bonds. The summed E-state index contributed by atoms with van der Waals surface area (Å²) in [5, 5.41) is 9.56. The maximum atomic E-state index is 12.8. The minimum absolute atomic E-state index is 0. The van der Waals surface area contributed by atoms with Crippen molar-refractivity contribution in [2.24, 2.45) is 0 Å². The number of hydrogen-bond donors (Lipinski definition) is 0. The van der Waals surface area contributed by atoms with Crippen LogP contribution in [-0.4, -0.2) is 30.5 Å². The molecule has 0 radical (unpaired) electrons. The molecule has 1 heterocycles. The molecule has 0 spiro atoms. The van der Waals surface area contributed by atoms with Gasteiger partial charge >= 0.3 is 0 Å². The number of carbonyl (C=O) groups excluding carboxylic acids is 1. The van der Waals surface area contributed by atoms with Crippen LogP contribution in [0.1, 0.15) is 35.3 Å². The van der Waals surface area contributed by atoms with E-state index in [9.17, 15) is 10.1 Å². The Morgan fingerprint density at radius 2 is 1.89 bits per heavy atom. The first-order valence-electron chi connectivity index (χ1n) is 8.79. The van der Waals surface area contributed by atoms with E-state index in [0.29, 0.717) is 17.0 Å². The first kappa shape index (κ1) is 20.8. The standard InChI is InChI=1S/C21H23N3O2.ClH/c1-15(2)26-20-8-5-17(6-9-20)21(25)24(14-22)19-7-4-16-10-11-23(3)13-18(16)12-19;/h4-9,12,15H,10-11,13H2,1-3H3;1H. The molecule has 27 heavy (non-hydrogen) atoms. The van der Waals surface area contributed by atoms with Gasteiger partial charge in [0.05, 0.1) is 11.8 Å². The average molecular weight is 386 g/mol. The molecule has 0 saturated heterocycles. The number of fused-ring (bicyclic) bond motifs is 1. The van der Waals surface area contributed by atoms with Gasteiger partial charge in [0.2, 0.25) is 0 Å². The van der Waals surface area contributed by atoms with Crippen molar-refractivity contribution in [2.75, 3.05) is 18.5 Å². The lowest BCUT2D eigenvalue weighted by Gasteiger charge is -2.26. The van der Waals surface area contributed by atoms with Crippen LogP contribution in [0.4, 0.5) is 5.69 Å².